The topological polar surface area (TPSA) is 98.2 Å². The summed E-state index contributed by atoms with van der Waals surface area (Å²) in [7, 11) is 4.50. The minimum absolute atomic E-state index is 0.204. The minimum atomic E-state index is -0.534. The van der Waals surface area contributed by atoms with E-state index in [1.165, 1.54) is 51.8 Å². The number of rotatable bonds is 8. The number of ether oxygens (including phenoxy) is 3. The van der Waals surface area contributed by atoms with Crippen molar-refractivity contribution >= 4 is 23.7 Å². The highest BCUT2D eigenvalue weighted by molar-refractivity contribution is 6.09. The van der Waals surface area contributed by atoms with Gasteiger partial charge < -0.3 is 19.5 Å². The summed E-state index contributed by atoms with van der Waals surface area (Å²) >= 11 is 0. The number of hydrogen-bond donors (Lipinski definition) is 2. The van der Waals surface area contributed by atoms with Crippen LogP contribution in [0.3, 0.4) is 0 Å². The van der Waals surface area contributed by atoms with Crippen molar-refractivity contribution in [3.63, 3.8) is 0 Å². The van der Waals surface area contributed by atoms with Crippen molar-refractivity contribution in [2.24, 2.45) is 5.10 Å². The van der Waals surface area contributed by atoms with E-state index in [0.29, 0.717) is 22.8 Å². The molecule has 0 aromatic heterocycles. The van der Waals surface area contributed by atoms with Crippen LogP contribution in [0.15, 0.2) is 65.8 Å². The minimum Gasteiger partial charge on any atom is -0.493 e. The zero-order chi connectivity index (χ0) is 23.8. The summed E-state index contributed by atoms with van der Waals surface area (Å²) in [6.45, 7) is 0. The molecule has 3 aromatic rings. The van der Waals surface area contributed by atoms with E-state index in [2.05, 4.69) is 15.8 Å². The maximum Gasteiger partial charge on any atom is 0.273 e. The number of methoxy groups -OCH3 is 3. The molecule has 33 heavy (non-hydrogen) atoms. The Kier molecular flexibility index (Phi) is 7.59. The predicted molar refractivity (Wildman–Crippen MR) is 122 cm³/mol. The van der Waals surface area contributed by atoms with E-state index >= 15 is 0 Å². The first-order valence-electron chi connectivity index (χ1n) is 9.76. The number of nitrogens with one attached hydrogen (secondary N) is 2. The van der Waals surface area contributed by atoms with Crippen molar-refractivity contribution in [3.05, 3.63) is 83.2 Å². The quantitative estimate of drug-likeness (QED) is 0.400. The molecule has 0 saturated heterocycles. The summed E-state index contributed by atoms with van der Waals surface area (Å²) in [4.78, 5) is 25.1. The summed E-state index contributed by atoms with van der Waals surface area (Å²) in [5.41, 5.74) is 3.77. The van der Waals surface area contributed by atoms with Gasteiger partial charge in [0.25, 0.3) is 11.8 Å². The lowest BCUT2D eigenvalue weighted by Crippen LogP contribution is -2.21. The highest BCUT2D eigenvalue weighted by atomic mass is 19.1. The molecule has 0 radical (unpaired) electrons. The molecule has 0 atom stereocenters. The average Bonchev–Trinajstić information content (AvgIpc) is 2.83. The molecule has 0 spiro atoms. The molecule has 0 saturated carbocycles. The third-order valence-corrected chi connectivity index (χ3v) is 4.59. The van der Waals surface area contributed by atoms with Gasteiger partial charge >= 0.3 is 0 Å². The third-order valence-electron chi connectivity index (χ3n) is 4.59. The van der Waals surface area contributed by atoms with E-state index in [1.54, 1.807) is 36.4 Å². The Labute approximate surface area is 190 Å². The summed E-state index contributed by atoms with van der Waals surface area (Å²) in [5, 5.41) is 6.64. The molecule has 3 aromatic carbocycles. The molecule has 170 valence electrons. The number of hydrogen-bond acceptors (Lipinski definition) is 6. The van der Waals surface area contributed by atoms with Crippen LogP contribution in [0.1, 0.15) is 26.3 Å². The van der Waals surface area contributed by atoms with Gasteiger partial charge in [0.1, 0.15) is 5.82 Å². The Morgan fingerprint density at radius 2 is 1.52 bits per heavy atom. The molecule has 2 amide bonds. The number of benzene rings is 3. The monoisotopic (exact) mass is 451 g/mol. The van der Waals surface area contributed by atoms with Crippen LogP contribution < -0.4 is 25.0 Å². The van der Waals surface area contributed by atoms with Gasteiger partial charge in [0.05, 0.1) is 38.8 Å². The second-order valence-corrected chi connectivity index (χ2v) is 6.66. The van der Waals surface area contributed by atoms with E-state index in [-0.39, 0.29) is 16.8 Å². The normalized spacial score (nSPS) is 10.5. The second-order valence-electron chi connectivity index (χ2n) is 6.66. The molecule has 2 N–H and O–H groups in total. The Bertz CT molecular complexity index is 1150. The van der Waals surface area contributed by atoms with Crippen LogP contribution in [-0.4, -0.2) is 39.4 Å². The van der Waals surface area contributed by atoms with E-state index in [9.17, 15) is 14.0 Å². The molecule has 0 unspecified atom stereocenters. The van der Waals surface area contributed by atoms with Crippen LogP contribution in [0.5, 0.6) is 17.2 Å². The molecule has 0 aliphatic heterocycles. The Hall–Kier alpha value is -4.40. The van der Waals surface area contributed by atoms with Gasteiger partial charge in [-0.05, 0) is 48.5 Å². The zero-order valence-electron chi connectivity index (χ0n) is 18.2. The van der Waals surface area contributed by atoms with E-state index in [0.717, 1.165) is 0 Å². The van der Waals surface area contributed by atoms with Crippen molar-refractivity contribution in [3.8, 4) is 17.2 Å². The van der Waals surface area contributed by atoms with Gasteiger partial charge in [-0.3, -0.25) is 9.59 Å². The molecule has 3 rings (SSSR count). The largest absolute Gasteiger partial charge is 0.493 e. The van der Waals surface area contributed by atoms with Crippen LogP contribution in [0.25, 0.3) is 0 Å². The van der Waals surface area contributed by atoms with Crippen LogP contribution in [-0.2, 0) is 0 Å². The molecule has 9 heteroatoms. The van der Waals surface area contributed by atoms with Crippen LogP contribution in [0.2, 0.25) is 0 Å². The fourth-order valence-corrected chi connectivity index (χ4v) is 2.99. The van der Waals surface area contributed by atoms with Crippen LogP contribution >= 0.6 is 0 Å². The number of carbonyl (C=O) groups is 2. The van der Waals surface area contributed by atoms with Gasteiger partial charge in [-0.2, -0.15) is 5.10 Å². The highest BCUT2D eigenvalue weighted by Crippen LogP contribution is 2.37. The maximum absolute atomic E-state index is 13.1. The molecule has 0 aliphatic carbocycles. The van der Waals surface area contributed by atoms with Crippen molar-refractivity contribution in [1.29, 1.82) is 0 Å². The first kappa shape index (κ1) is 23.3. The number of halogens is 1. The van der Waals surface area contributed by atoms with E-state index < -0.39 is 17.6 Å². The number of amides is 2. The maximum atomic E-state index is 13.1. The average molecular weight is 451 g/mol. The second kappa shape index (κ2) is 10.8. The number of nitrogens with zero attached hydrogens (tertiary/aromatic N) is 1. The summed E-state index contributed by atoms with van der Waals surface area (Å²) in [6.07, 6.45) is 1.42. The molecule has 0 fully saturated rings. The summed E-state index contributed by atoms with van der Waals surface area (Å²) < 4.78 is 29.0. The van der Waals surface area contributed by atoms with Gasteiger partial charge in [-0.25, -0.2) is 9.82 Å². The van der Waals surface area contributed by atoms with Crippen LogP contribution in [0.4, 0.5) is 10.1 Å². The van der Waals surface area contributed by atoms with E-state index in [1.807, 2.05) is 0 Å². The molecule has 8 nitrogen and oxygen atoms in total. The predicted octanol–water partition coefficient (Wildman–Crippen LogP) is 3.87. The first-order chi connectivity index (χ1) is 16.0. The molecule has 0 aliphatic rings. The molecular weight excluding hydrogens is 429 g/mol. The fraction of sp³-hybridized carbons (Fsp3) is 0.125. The standard InChI is InChI=1S/C24H22FN3O5/c1-31-20-12-15(13-21(32-2)22(20)33-3)14-26-28-24(30)18-6-4-5-7-19(18)27-23(29)16-8-10-17(25)11-9-16/h4-14H,1-3H3,(H,27,29)(H,28,30). The van der Waals surface area contributed by atoms with Crippen molar-refractivity contribution in [1.82, 2.24) is 5.43 Å². The van der Waals surface area contributed by atoms with Gasteiger partial charge in [0.2, 0.25) is 5.75 Å². The first-order valence-corrected chi connectivity index (χ1v) is 9.76. The highest BCUT2D eigenvalue weighted by Gasteiger charge is 2.15. The number of carbonyl (C=O) groups excluding carboxylic acids is 2. The Morgan fingerprint density at radius 3 is 2.12 bits per heavy atom. The van der Waals surface area contributed by atoms with Crippen molar-refractivity contribution in [2.45, 2.75) is 0 Å². The smallest absolute Gasteiger partial charge is 0.273 e. The van der Waals surface area contributed by atoms with E-state index in [4.69, 9.17) is 14.2 Å². The lowest BCUT2D eigenvalue weighted by atomic mass is 10.1. The van der Waals surface area contributed by atoms with Crippen molar-refractivity contribution in [2.75, 3.05) is 26.6 Å². The summed E-state index contributed by atoms with van der Waals surface area (Å²) in [5.74, 6) is -0.134. The number of anilines is 1. The third kappa shape index (κ3) is 5.65. The van der Waals surface area contributed by atoms with Crippen LogP contribution in [0, 0.1) is 5.82 Å². The van der Waals surface area contributed by atoms with Gasteiger partial charge in [-0.1, -0.05) is 12.1 Å². The molecule has 0 heterocycles. The lowest BCUT2D eigenvalue weighted by molar-refractivity contribution is 0.0956. The molecule has 0 bridgehead atoms. The Balaban J connectivity index is 1.74. The molecular formula is C24H22FN3O5. The fourth-order valence-electron chi connectivity index (χ4n) is 2.99. The van der Waals surface area contributed by atoms with Gasteiger partial charge in [0, 0.05) is 11.1 Å². The van der Waals surface area contributed by atoms with Crippen molar-refractivity contribution < 1.29 is 28.2 Å². The lowest BCUT2D eigenvalue weighted by Gasteiger charge is -2.12. The number of hydrazone groups is 1. The zero-order valence-corrected chi connectivity index (χ0v) is 18.2. The number of para-hydroxylation sites is 1. The SMILES string of the molecule is COc1cc(C=NNC(=O)c2ccccc2NC(=O)c2ccc(F)cc2)cc(OC)c1OC. The summed E-state index contributed by atoms with van der Waals surface area (Å²) in [6, 6.07) is 14.9. The van der Waals surface area contributed by atoms with Gasteiger partial charge in [-0.15, -0.1) is 0 Å². The Morgan fingerprint density at radius 1 is 0.879 bits per heavy atom. The van der Waals surface area contributed by atoms with Gasteiger partial charge in [0.15, 0.2) is 11.5 Å².